The van der Waals surface area contributed by atoms with Crippen LogP contribution in [-0.2, 0) is 4.74 Å². The lowest BCUT2D eigenvalue weighted by atomic mass is 9.75. The first-order valence-electron chi connectivity index (χ1n) is 8.41. The molecular formula is C19H28FNO2. The molecule has 23 heavy (non-hydrogen) atoms. The van der Waals surface area contributed by atoms with Crippen LogP contribution in [0.1, 0.15) is 52.5 Å². The first kappa shape index (κ1) is 17.8. The molecule has 1 saturated heterocycles. The van der Waals surface area contributed by atoms with Crippen LogP contribution in [-0.4, -0.2) is 29.7 Å². The largest absolute Gasteiger partial charge is 0.444 e. The second-order valence-corrected chi connectivity index (χ2v) is 7.78. The Balaban J connectivity index is 2.17. The molecule has 1 fully saturated rings. The molecule has 2 atom stereocenters. The van der Waals surface area contributed by atoms with Crippen LogP contribution in [0.15, 0.2) is 24.3 Å². The number of carbonyl (C=O) groups is 1. The zero-order chi connectivity index (χ0) is 17.2. The fraction of sp³-hybridized carbons (Fsp3) is 0.632. The normalized spacial score (nSPS) is 22.3. The molecule has 1 aliphatic rings. The first-order valence-corrected chi connectivity index (χ1v) is 8.41. The molecule has 2 rings (SSSR count). The third-order valence-electron chi connectivity index (χ3n) is 4.47. The Kier molecular flexibility index (Phi) is 5.33. The molecule has 128 valence electrons. The van der Waals surface area contributed by atoms with Gasteiger partial charge in [0.25, 0.3) is 0 Å². The SMILES string of the molecule is CC(C)[C@@H]1CCN(C(=O)OC(C)(C)C)C[C@H]1c1ccc(F)cc1. The zero-order valence-electron chi connectivity index (χ0n) is 14.8. The van der Waals surface area contributed by atoms with Gasteiger partial charge in [-0.15, -0.1) is 0 Å². The number of benzene rings is 1. The summed E-state index contributed by atoms with van der Waals surface area (Å²) in [5.41, 5.74) is 0.607. The van der Waals surface area contributed by atoms with E-state index < -0.39 is 5.60 Å². The molecule has 3 nitrogen and oxygen atoms in total. The van der Waals surface area contributed by atoms with E-state index in [-0.39, 0.29) is 17.8 Å². The summed E-state index contributed by atoms with van der Waals surface area (Å²) < 4.78 is 18.7. The molecule has 1 heterocycles. The summed E-state index contributed by atoms with van der Waals surface area (Å²) in [7, 11) is 0. The molecule has 4 heteroatoms. The summed E-state index contributed by atoms with van der Waals surface area (Å²) >= 11 is 0. The fourth-order valence-corrected chi connectivity index (χ4v) is 3.32. The third-order valence-corrected chi connectivity index (χ3v) is 4.47. The standard InChI is InChI=1S/C19H28FNO2/c1-13(2)16-10-11-21(18(22)23-19(3,4)5)12-17(16)14-6-8-15(20)9-7-14/h6-9,13,16-17H,10-12H2,1-5H3/t16-,17-/m0/s1. The van der Waals surface area contributed by atoms with E-state index in [0.717, 1.165) is 18.5 Å². The van der Waals surface area contributed by atoms with Gasteiger partial charge in [-0.2, -0.15) is 0 Å². The number of likely N-dealkylation sites (tertiary alicyclic amines) is 1. The van der Waals surface area contributed by atoms with Gasteiger partial charge in [0.05, 0.1) is 0 Å². The van der Waals surface area contributed by atoms with Crippen molar-refractivity contribution in [2.45, 2.75) is 52.6 Å². The number of rotatable bonds is 2. The van der Waals surface area contributed by atoms with E-state index in [2.05, 4.69) is 13.8 Å². The lowest BCUT2D eigenvalue weighted by molar-refractivity contribution is 0.0132. The maximum absolute atomic E-state index is 13.2. The molecule has 0 saturated carbocycles. The van der Waals surface area contributed by atoms with E-state index in [9.17, 15) is 9.18 Å². The van der Waals surface area contributed by atoms with Crippen LogP contribution in [0.4, 0.5) is 9.18 Å². The molecule has 1 aromatic carbocycles. The summed E-state index contributed by atoms with van der Waals surface area (Å²) in [6, 6.07) is 6.68. The average Bonchev–Trinajstić information content (AvgIpc) is 2.45. The lowest BCUT2D eigenvalue weighted by Gasteiger charge is -2.41. The van der Waals surface area contributed by atoms with Gasteiger partial charge in [-0.3, -0.25) is 0 Å². The molecule has 1 aromatic rings. The molecule has 0 radical (unpaired) electrons. The minimum atomic E-state index is -0.489. The summed E-state index contributed by atoms with van der Waals surface area (Å²) in [5.74, 6) is 0.997. The van der Waals surface area contributed by atoms with Crippen LogP contribution in [0, 0.1) is 17.7 Å². The highest BCUT2D eigenvalue weighted by Gasteiger charge is 2.35. The van der Waals surface area contributed by atoms with Gasteiger partial charge in [0, 0.05) is 19.0 Å². The van der Waals surface area contributed by atoms with E-state index >= 15 is 0 Å². The quantitative estimate of drug-likeness (QED) is 0.781. The summed E-state index contributed by atoms with van der Waals surface area (Å²) in [5, 5.41) is 0. The van der Waals surface area contributed by atoms with E-state index in [4.69, 9.17) is 4.74 Å². The molecule has 0 aromatic heterocycles. The topological polar surface area (TPSA) is 29.5 Å². The van der Waals surface area contributed by atoms with Gasteiger partial charge in [-0.25, -0.2) is 9.18 Å². The van der Waals surface area contributed by atoms with Crippen molar-refractivity contribution < 1.29 is 13.9 Å². The highest BCUT2D eigenvalue weighted by atomic mass is 19.1. The van der Waals surface area contributed by atoms with Gasteiger partial charge >= 0.3 is 6.09 Å². The summed E-state index contributed by atoms with van der Waals surface area (Å²) in [4.78, 5) is 14.2. The Labute approximate surface area is 138 Å². The smallest absolute Gasteiger partial charge is 0.410 e. The second-order valence-electron chi connectivity index (χ2n) is 7.78. The Hall–Kier alpha value is -1.58. The minimum Gasteiger partial charge on any atom is -0.444 e. The van der Waals surface area contributed by atoms with Crippen molar-refractivity contribution in [2.24, 2.45) is 11.8 Å². The number of hydrogen-bond acceptors (Lipinski definition) is 2. The number of amides is 1. The minimum absolute atomic E-state index is 0.219. The van der Waals surface area contributed by atoms with Crippen molar-refractivity contribution in [3.63, 3.8) is 0 Å². The molecule has 0 N–H and O–H groups in total. The van der Waals surface area contributed by atoms with Crippen LogP contribution >= 0.6 is 0 Å². The highest BCUT2D eigenvalue weighted by molar-refractivity contribution is 5.68. The van der Waals surface area contributed by atoms with Gasteiger partial charge in [0.15, 0.2) is 0 Å². The van der Waals surface area contributed by atoms with Gasteiger partial charge in [-0.1, -0.05) is 26.0 Å². The lowest BCUT2D eigenvalue weighted by Crippen LogP contribution is -2.46. The summed E-state index contributed by atoms with van der Waals surface area (Å²) in [6.07, 6.45) is 0.686. The van der Waals surface area contributed by atoms with Crippen molar-refractivity contribution in [3.8, 4) is 0 Å². The predicted molar refractivity (Wildman–Crippen MR) is 89.9 cm³/mol. The number of nitrogens with zero attached hydrogens (tertiary/aromatic N) is 1. The molecule has 0 aliphatic carbocycles. The van der Waals surface area contributed by atoms with E-state index in [1.165, 1.54) is 12.1 Å². The van der Waals surface area contributed by atoms with Crippen LogP contribution in [0.5, 0.6) is 0 Å². The van der Waals surface area contributed by atoms with Gasteiger partial charge in [0.2, 0.25) is 0 Å². The number of ether oxygens (including phenoxy) is 1. The van der Waals surface area contributed by atoms with Crippen molar-refractivity contribution >= 4 is 6.09 Å². The van der Waals surface area contributed by atoms with Crippen molar-refractivity contribution in [3.05, 3.63) is 35.6 Å². The van der Waals surface area contributed by atoms with Crippen LogP contribution in [0.3, 0.4) is 0 Å². The molecule has 0 spiro atoms. The molecular weight excluding hydrogens is 293 g/mol. The Bertz CT molecular complexity index is 533. The number of carbonyl (C=O) groups excluding carboxylic acids is 1. The zero-order valence-corrected chi connectivity index (χ0v) is 14.8. The van der Waals surface area contributed by atoms with Gasteiger partial charge in [-0.05, 0) is 56.7 Å². The summed E-state index contributed by atoms with van der Waals surface area (Å²) in [6.45, 7) is 11.4. The van der Waals surface area contributed by atoms with Crippen molar-refractivity contribution in [1.82, 2.24) is 4.90 Å². The van der Waals surface area contributed by atoms with E-state index in [1.807, 2.05) is 32.9 Å². The maximum Gasteiger partial charge on any atom is 0.410 e. The van der Waals surface area contributed by atoms with Gasteiger partial charge < -0.3 is 9.64 Å². The predicted octanol–water partition coefficient (Wildman–Crippen LogP) is 4.82. The van der Waals surface area contributed by atoms with Crippen molar-refractivity contribution in [2.75, 3.05) is 13.1 Å². The maximum atomic E-state index is 13.2. The number of halogens is 1. The monoisotopic (exact) mass is 321 g/mol. The van der Waals surface area contributed by atoms with Crippen molar-refractivity contribution in [1.29, 1.82) is 0 Å². The van der Waals surface area contributed by atoms with Crippen LogP contribution < -0.4 is 0 Å². The fourth-order valence-electron chi connectivity index (χ4n) is 3.32. The first-order chi connectivity index (χ1) is 10.7. The Morgan fingerprint density at radius 2 is 1.87 bits per heavy atom. The number of piperidine rings is 1. The molecule has 1 aliphatic heterocycles. The van der Waals surface area contributed by atoms with Crippen LogP contribution in [0.25, 0.3) is 0 Å². The molecule has 1 amide bonds. The van der Waals surface area contributed by atoms with Crippen LogP contribution in [0.2, 0.25) is 0 Å². The molecule has 0 unspecified atom stereocenters. The third kappa shape index (κ3) is 4.69. The Morgan fingerprint density at radius 1 is 1.26 bits per heavy atom. The second kappa shape index (κ2) is 6.90. The Morgan fingerprint density at radius 3 is 2.39 bits per heavy atom. The molecule has 0 bridgehead atoms. The van der Waals surface area contributed by atoms with Gasteiger partial charge in [0.1, 0.15) is 11.4 Å². The highest BCUT2D eigenvalue weighted by Crippen LogP contribution is 2.37. The van der Waals surface area contributed by atoms with E-state index in [0.29, 0.717) is 18.4 Å². The number of hydrogen-bond donors (Lipinski definition) is 0. The van der Waals surface area contributed by atoms with E-state index in [1.54, 1.807) is 4.90 Å². The average molecular weight is 321 g/mol.